The molecule has 4 atom stereocenters. The second-order valence-electron chi connectivity index (χ2n) is 7.22. The van der Waals surface area contributed by atoms with Gasteiger partial charge in [0.25, 0.3) is 0 Å². The molecule has 3 fully saturated rings. The summed E-state index contributed by atoms with van der Waals surface area (Å²) in [7, 11) is 0. The van der Waals surface area contributed by atoms with Crippen LogP contribution in [0.5, 0.6) is 5.75 Å². The Morgan fingerprint density at radius 2 is 2.27 bits per heavy atom. The summed E-state index contributed by atoms with van der Waals surface area (Å²) in [6.07, 6.45) is 5.66. The van der Waals surface area contributed by atoms with Crippen molar-refractivity contribution in [1.82, 2.24) is 9.88 Å². The van der Waals surface area contributed by atoms with Gasteiger partial charge in [-0.1, -0.05) is 11.6 Å². The van der Waals surface area contributed by atoms with Crippen molar-refractivity contribution in [3.05, 3.63) is 47.7 Å². The predicted molar refractivity (Wildman–Crippen MR) is 101 cm³/mol. The lowest BCUT2D eigenvalue weighted by Gasteiger charge is -2.48. The molecule has 5 rings (SSSR count). The third-order valence-corrected chi connectivity index (χ3v) is 5.83. The number of piperidine rings is 3. The number of ether oxygens (including phenoxy) is 1. The molecule has 0 aliphatic carbocycles. The number of allylic oxidation sites excluding steroid dienone is 1. The van der Waals surface area contributed by atoms with Crippen molar-refractivity contribution in [1.29, 1.82) is 0 Å². The van der Waals surface area contributed by atoms with Gasteiger partial charge in [-0.3, -0.25) is 9.88 Å². The summed E-state index contributed by atoms with van der Waals surface area (Å²) in [6.45, 7) is 4.38. The molecule has 0 spiro atoms. The Labute approximate surface area is 153 Å². The van der Waals surface area contributed by atoms with Crippen LogP contribution in [-0.2, 0) is 0 Å². The summed E-state index contributed by atoms with van der Waals surface area (Å²) in [5.41, 5.74) is 3.27. The van der Waals surface area contributed by atoms with Crippen LogP contribution in [0.2, 0.25) is 0 Å². The highest BCUT2D eigenvalue weighted by Crippen LogP contribution is 2.41. The van der Waals surface area contributed by atoms with E-state index in [1.165, 1.54) is 12.0 Å². The van der Waals surface area contributed by atoms with Gasteiger partial charge in [0.05, 0.1) is 18.2 Å². The second kappa shape index (κ2) is 7.35. The summed E-state index contributed by atoms with van der Waals surface area (Å²) in [4.78, 5) is 6.84. The van der Waals surface area contributed by atoms with E-state index in [9.17, 15) is 5.11 Å². The fourth-order valence-electron chi connectivity index (χ4n) is 4.46. The zero-order valence-electron chi connectivity index (χ0n) is 15.1. The predicted octanol–water partition coefficient (Wildman–Crippen LogP) is 2.68. The molecule has 4 heterocycles. The van der Waals surface area contributed by atoms with Crippen LogP contribution >= 0.6 is 0 Å². The third-order valence-electron chi connectivity index (χ3n) is 5.83. The van der Waals surface area contributed by atoms with Crippen molar-refractivity contribution in [2.75, 3.05) is 26.3 Å². The van der Waals surface area contributed by atoms with E-state index in [2.05, 4.69) is 22.9 Å². The summed E-state index contributed by atoms with van der Waals surface area (Å²) in [5, 5.41) is 21.1. The quantitative estimate of drug-likeness (QED) is 0.808. The summed E-state index contributed by atoms with van der Waals surface area (Å²) in [5.74, 6) is 1.29. The van der Waals surface area contributed by atoms with Gasteiger partial charge in [-0.2, -0.15) is 0 Å². The Morgan fingerprint density at radius 3 is 3.00 bits per heavy atom. The van der Waals surface area contributed by atoms with Gasteiger partial charge in [-0.15, -0.1) is 0 Å². The first kappa shape index (κ1) is 17.5. The standard InChI is InChI=1S/C21H26N2O3/c1-2-14-13-23-8-6-15(14)11-20(23)21(25)17-5-7-22-19-4-3-16(12-18(17)19)26-10-9-24/h2-5,7,12,15,20-21,24-25H,6,8-11,13H2,1H3/b14-2+/t15-,20-,21-/m1/s1. The number of fused-ring (bicyclic) bond motifs is 4. The number of aliphatic hydroxyl groups excluding tert-OH is 2. The Balaban J connectivity index is 1.65. The normalized spacial score (nSPS) is 27.8. The molecule has 0 saturated carbocycles. The number of hydrogen-bond donors (Lipinski definition) is 2. The van der Waals surface area contributed by atoms with Gasteiger partial charge in [0.1, 0.15) is 12.4 Å². The number of aromatic nitrogens is 1. The first-order valence-electron chi connectivity index (χ1n) is 9.40. The Kier molecular flexibility index (Phi) is 4.94. The minimum Gasteiger partial charge on any atom is -0.491 e. The minimum atomic E-state index is -0.546. The number of hydrogen-bond acceptors (Lipinski definition) is 5. The molecule has 2 aromatic rings. The SMILES string of the molecule is C/C=C1\CN2CC[C@@H]1C[C@@H]2[C@H](O)c1ccnc2ccc(OCCO)cc12. The fourth-order valence-corrected chi connectivity index (χ4v) is 4.46. The van der Waals surface area contributed by atoms with Gasteiger partial charge in [-0.05, 0) is 62.1 Å². The minimum absolute atomic E-state index is 0.0216. The number of benzene rings is 1. The van der Waals surface area contributed by atoms with Crippen molar-refractivity contribution in [2.24, 2.45) is 5.92 Å². The maximum absolute atomic E-state index is 11.2. The van der Waals surface area contributed by atoms with Crippen molar-refractivity contribution in [2.45, 2.75) is 31.9 Å². The Morgan fingerprint density at radius 1 is 1.38 bits per heavy atom. The maximum Gasteiger partial charge on any atom is 0.120 e. The molecule has 3 aliphatic rings. The van der Waals surface area contributed by atoms with Crippen molar-refractivity contribution < 1.29 is 14.9 Å². The van der Waals surface area contributed by atoms with Crippen LogP contribution in [0.25, 0.3) is 10.9 Å². The molecule has 5 nitrogen and oxygen atoms in total. The zero-order valence-corrected chi connectivity index (χ0v) is 15.1. The summed E-state index contributed by atoms with van der Waals surface area (Å²) >= 11 is 0. The van der Waals surface area contributed by atoms with Gasteiger partial charge in [0, 0.05) is 24.2 Å². The lowest BCUT2D eigenvalue weighted by atomic mass is 9.76. The number of nitrogens with zero attached hydrogens (tertiary/aromatic N) is 2. The highest BCUT2D eigenvalue weighted by atomic mass is 16.5. The number of rotatable bonds is 5. The largest absolute Gasteiger partial charge is 0.491 e. The molecule has 3 aliphatic heterocycles. The van der Waals surface area contributed by atoms with E-state index in [0.717, 1.165) is 36.0 Å². The van der Waals surface area contributed by atoms with E-state index >= 15 is 0 Å². The maximum atomic E-state index is 11.2. The van der Waals surface area contributed by atoms with Gasteiger partial charge >= 0.3 is 0 Å². The van der Waals surface area contributed by atoms with Crippen LogP contribution in [0.1, 0.15) is 31.4 Å². The van der Waals surface area contributed by atoms with Crippen molar-refractivity contribution >= 4 is 10.9 Å². The fraction of sp³-hybridized carbons (Fsp3) is 0.476. The molecule has 2 N–H and O–H groups in total. The monoisotopic (exact) mass is 354 g/mol. The molecule has 0 radical (unpaired) electrons. The number of pyridine rings is 1. The average molecular weight is 354 g/mol. The first-order chi connectivity index (χ1) is 12.7. The summed E-state index contributed by atoms with van der Waals surface area (Å²) in [6, 6.07) is 7.74. The average Bonchev–Trinajstić information content (AvgIpc) is 2.71. The van der Waals surface area contributed by atoms with E-state index in [-0.39, 0.29) is 19.3 Å². The van der Waals surface area contributed by atoms with E-state index in [0.29, 0.717) is 11.7 Å². The van der Waals surface area contributed by atoms with Crippen LogP contribution in [0.4, 0.5) is 0 Å². The zero-order chi connectivity index (χ0) is 18.1. The molecule has 1 aromatic heterocycles. The molecule has 3 saturated heterocycles. The van der Waals surface area contributed by atoms with Crippen LogP contribution in [0.3, 0.4) is 0 Å². The molecule has 5 heteroatoms. The smallest absolute Gasteiger partial charge is 0.120 e. The van der Waals surface area contributed by atoms with Gasteiger partial charge < -0.3 is 14.9 Å². The van der Waals surface area contributed by atoms with Crippen LogP contribution in [-0.4, -0.2) is 52.4 Å². The topological polar surface area (TPSA) is 65.8 Å². The van der Waals surface area contributed by atoms with Crippen LogP contribution in [0, 0.1) is 5.92 Å². The third kappa shape index (κ3) is 3.11. The van der Waals surface area contributed by atoms with Crippen molar-refractivity contribution in [3.8, 4) is 5.75 Å². The highest BCUT2D eigenvalue weighted by molar-refractivity contribution is 5.84. The number of aliphatic hydroxyl groups is 2. The molecule has 1 aromatic carbocycles. The van der Waals surface area contributed by atoms with Gasteiger partial charge in [0.15, 0.2) is 0 Å². The van der Waals surface area contributed by atoms with Gasteiger partial charge in [-0.25, -0.2) is 0 Å². The second-order valence-corrected chi connectivity index (χ2v) is 7.22. The van der Waals surface area contributed by atoms with E-state index in [1.807, 2.05) is 24.3 Å². The summed E-state index contributed by atoms with van der Waals surface area (Å²) < 4.78 is 5.54. The van der Waals surface area contributed by atoms with Crippen LogP contribution < -0.4 is 4.74 Å². The van der Waals surface area contributed by atoms with E-state index in [1.54, 1.807) is 6.20 Å². The molecule has 26 heavy (non-hydrogen) atoms. The van der Waals surface area contributed by atoms with E-state index in [4.69, 9.17) is 9.84 Å². The van der Waals surface area contributed by atoms with Crippen LogP contribution in [0.15, 0.2) is 42.1 Å². The molecule has 1 unspecified atom stereocenters. The van der Waals surface area contributed by atoms with E-state index < -0.39 is 6.10 Å². The molecular weight excluding hydrogens is 328 g/mol. The molecular formula is C21H26N2O3. The van der Waals surface area contributed by atoms with Crippen molar-refractivity contribution in [3.63, 3.8) is 0 Å². The molecule has 2 bridgehead atoms. The molecule has 0 amide bonds. The first-order valence-corrected chi connectivity index (χ1v) is 9.40. The lowest BCUT2D eigenvalue weighted by molar-refractivity contribution is -0.00340. The molecule has 138 valence electrons. The Hall–Kier alpha value is -1.95. The van der Waals surface area contributed by atoms with Gasteiger partial charge in [0.2, 0.25) is 0 Å². The highest BCUT2D eigenvalue weighted by Gasteiger charge is 2.40. The lowest BCUT2D eigenvalue weighted by Crippen LogP contribution is -2.52. The Bertz CT molecular complexity index is 820.